The first kappa shape index (κ1) is 20.5. The first-order chi connectivity index (χ1) is 15.0. The van der Waals surface area contributed by atoms with Crippen molar-refractivity contribution in [2.75, 3.05) is 0 Å². The van der Waals surface area contributed by atoms with Crippen LogP contribution in [0.15, 0.2) is 70.8 Å². The maximum absolute atomic E-state index is 12.9. The Morgan fingerprint density at radius 3 is 2.26 bits per heavy atom. The number of nitrogens with one attached hydrogen (secondary N) is 2. The average molecular weight is 433 g/mol. The summed E-state index contributed by atoms with van der Waals surface area (Å²) in [6, 6.07) is 18.0. The lowest BCUT2D eigenvalue weighted by Gasteiger charge is -2.14. The molecule has 8 heteroatoms. The molecule has 2 N–H and O–H groups in total. The van der Waals surface area contributed by atoms with Crippen molar-refractivity contribution in [2.24, 2.45) is 0 Å². The number of benzene rings is 2. The molecule has 0 atom stereocenters. The quantitative estimate of drug-likeness (QED) is 0.480. The number of fused-ring (bicyclic) bond motifs is 1. The molecule has 0 aliphatic heterocycles. The molecule has 0 radical (unpaired) electrons. The van der Waals surface area contributed by atoms with Crippen molar-refractivity contribution in [2.45, 2.75) is 19.9 Å². The SMILES string of the molecule is CC(C)n1nc(C(=O)NNC(=O)c2sccc2-c2ccccc2)c2ccccc2c1=O. The van der Waals surface area contributed by atoms with Crippen LogP contribution in [-0.4, -0.2) is 21.6 Å². The standard InChI is InChI=1S/C23H20N4O3S/c1-14(2)27-23(30)18-11-7-6-10-17(18)19(26-27)21(28)24-25-22(29)20-16(12-13-31-20)15-8-4-3-5-9-15/h3-14H,1-2H3,(H,24,28)(H,25,29). The minimum absolute atomic E-state index is 0.0682. The van der Waals surface area contributed by atoms with Gasteiger partial charge >= 0.3 is 0 Å². The molecule has 2 heterocycles. The van der Waals surface area contributed by atoms with E-state index in [1.807, 2.05) is 55.6 Å². The van der Waals surface area contributed by atoms with Crippen LogP contribution in [0, 0.1) is 0 Å². The number of hydrazine groups is 1. The Morgan fingerprint density at radius 2 is 1.55 bits per heavy atom. The average Bonchev–Trinajstić information content (AvgIpc) is 3.28. The Morgan fingerprint density at radius 1 is 0.903 bits per heavy atom. The molecule has 156 valence electrons. The van der Waals surface area contributed by atoms with Gasteiger partial charge in [0.2, 0.25) is 0 Å². The number of thiophene rings is 1. The van der Waals surface area contributed by atoms with Crippen LogP contribution in [0.4, 0.5) is 0 Å². The lowest BCUT2D eigenvalue weighted by Crippen LogP contribution is -2.42. The van der Waals surface area contributed by atoms with E-state index in [1.165, 1.54) is 16.0 Å². The van der Waals surface area contributed by atoms with Crippen LogP contribution >= 0.6 is 11.3 Å². The summed E-state index contributed by atoms with van der Waals surface area (Å²) in [5.74, 6) is -1.03. The number of amides is 2. The first-order valence-electron chi connectivity index (χ1n) is 9.72. The minimum Gasteiger partial charge on any atom is -0.267 e. The fourth-order valence-electron chi connectivity index (χ4n) is 3.28. The van der Waals surface area contributed by atoms with Gasteiger partial charge in [0.15, 0.2) is 5.69 Å². The zero-order valence-corrected chi connectivity index (χ0v) is 17.8. The molecule has 7 nitrogen and oxygen atoms in total. The monoisotopic (exact) mass is 432 g/mol. The van der Waals surface area contributed by atoms with E-state index >= 15 is 0 Å². The molecule has 0 bridgehead atoms. The highest BCUT2D eigenvalue weighted by Crippen LogP contribution is 2.27. The lowest BCUT2D eigenvalue weighted by atomic mass is 10.1. The first-order valence-corrected chi connectivity index (χ1v) is 10.6. The molecule has 0 spiro atoms. The van der Waals surface area contributed by atoms with Crippen molar-refractivity contribution in [1.82, 2.24) is 20.6 Å². The van der Waals surface area contributed by atoms with Crippen molar-refractivity contribution in [1.29, 1.82) is 0 Å². The smallest absolute Gasteiger partial charge is 0.267 e. The molecule has 0 saturated heterocycles. The predicted molar refractivity (Wildman–Crippen MR) is 121 cm³/mol. The molecule has 31 heavy (non-hydrogen) atoms. The minimum atomic E-state index is -0.600. The van der Waals surface area contributed by atoms with Crippen molar-refractivity contribution in [3.63, 3.8) is 0 Å². The van der Waals surface area contributed by atoms with Gasteiger partial charge in [0.25, 0.3) is 17.4 Å². The Kier molecular flexibility index (Phi) is 5.64. The normalized spacial score (nSPS) is 10.9. The number of carbonyl (C=O) groups is 2. The second-order valence-corrected chi connectivity index (χ2v) is 8.09. The summed E-state index contributed by atoms with van der Waals surface area (Å²) in [5.41, 5.74) is 6.40. The second-order valence-electron chi connectivity index (χ2n) is 7.18. The Labute approximate surface area is 182 Å². The van der Waals surface area contributed by atoms with E-state index in [9.17, 15) is 14.4 Å². The van der Waals surface area contributed by atoms with Crippen molar-refractivity contribution >= 4 is 33.9 Å². The molecule has 0 unspecified atom stereocenters. The molecule has 0 aliphatic rings. The van der Waals surface area contributed by atoms with E-state index in [-0.39, 0.29) is 17.3 Å². The molecular weight excluding hydrogens is 412 g/mol. The highest BCUT2D eigenvalue weighted by atomic mass is 32.1. The molecule has 2 aromatic heterocycles. The summed E-state index contributed by atoms with van der Waals surface area (Å²) in [4.78, 5) is 38.7. The molecule has 4 rings (SSSR count). The van der Waals surface area contributed by atoms with Gasteiger partial charge in [-0.3, -0.25) is 25.2 Å². The van der Waals surface area contributed by atoms with Gasteiger partial charge in [-0.1, -0.05) is 48.5 Å². The van der Waals surface area contributed by atoms with E-state index in [4.69, 9.17) is 0 Å². The number of carbonyl (C=O) groups excluding carboxylic acids is 2. The molecular formula is C23H20N4O3S. The topological polar surface area (TPSA) is 93.1 Å². The van der Waals surface area contributed by atoms with Gasteiger partial charge in [-0.15, -0.1) is 11.3 Å². The van der Waals surface area contributed by atoms with Gasteiger partial charge in [0, 0.05) is 10.9 Å². The van der Waals surface area contributed by atoms with Crippen LogP contribution < -0.4 is 16.4 Å². The van der Waals surface area contributed by atoms with E-state index in [0.717, 1.165) is 11.1 Å². The number of hydrogen-bond donors (Lipinski definition) is 2. The van der Waals surface area contributed by atoms with E-state index in [2.05, 4.69) is 16.0 Å². The maximum atomic E-state index is 12.9. The van der Waals surface area contributed by atoms with Gasteiger partial charge in [0.1, 0.15) is 4.88 Å². The van der Waals surface area contributed by atoms with E-state index in [0.29, 0.717) is 15.6 Å². The summed E-state index contributed by atoms with van der Waals surface area (Å²) in [6.45, 7) is 3.63. The summed E-state index contributed by atoms with van der Waals surface area (Å²) >= 11 is 1.29. The van der Waals surface area contributed by atoms with Crippen LogP contribution in [0.25, 0.3) is 21.9 Å². The zero-order valence-electron chi connectivity index (χ0n) is 17.0. The highest BCUT2D eigenvalue weighted by molar-refractivity contribution is 7.12. The Balaban J connectivity index is 1.60. The summed E-state index contributed by atoms with van der Waals surface area (Å²) < 4.78 is 1.27. The summed E-state index contributed by atoms with van der Waals surface area (Å²) in [6.07, 6.45) is 0. The summed E-state index contributed by atoms with van der Waals surface area (Å²) in [7, 11) is 0. The Hall–Kier alpha value is -3.78. The van der Waals surface area contributed by atoms with Crippen LogP contribution in [-0.2, 0) is 0 Å². The maximum Gasteiger partial charge on any atom is 0.290 e. The van der Waals surface area contributed by atoms with Crippen LogP contribution in [0.5, 0.6) is 0 Å². The molecule has 2 amide bonds. The van der Waals surface area contributed by atoms with Crippen molar-refractivity contribution in [3.05, 3.63) is 87.0 Å². The third kappa shape index (κ3) is 3.97. The molecule has 0 aliphatic carbocycles. The van der Waals surface area contributed by atoms with Crippen molar-refractivity contribution in [3.8, 4) is 11.1 Å². The third-order valence-electron chi connectivity index (χ3n) is 4.78. The van der Waals surface area contributed by atoms with Gasteiger partial charge in [-0.25, -0.2) is 4.68 Å². The summed E-state index contributed by atoms with van der Waals surface area (Å²) in [5, 5.41) is 6.90. The third-order valence-corrected chi connectivity index (χ3v) is 5.69. The number of nitrogens with zero attached hydrogens (tertiary/aromatic N) is 2. The molecule has 4 aromatic rings. The van der Waals surface area contributed by atoms with Gasteiger partial charge in [-0.2, -0.15) is 5.10 Å². The zero-order chi connectivity index (χ0) is 22.0. The number of hydrogen-bond acceptors (Lipinski definition) is 5. The van der Waals surface area contributed by atoms with Crippen LogP contribution in [0.3, 0.4) is 0 Å². The highest BCUT2D eigenvalue weighted by Gasteiger charge is 2.20. The molecule has 0 fully saturated rings. The lowest BCUT2D eigenvalue weighted by molar-refractivity contribution is 0.0846. The molecule has 2 aromatic carbocycles. The van der Waals surface area contributed by atoms with E-state index in [1.54, 1.807) is 24.3 Å². The predicted octanol–water partition coefficient (Wildman–Crippen LogP) is 3.78. The number of rotatable bonds is 4. The van der Waals surface area contributed by atoms with E-state index < -0.39 is 11.8 Å². The fraction of sp³-hybridized carbons (Fsp3) is 0.130. The van der Waals surface area contributed by atoms with Crippen LogP contribution in [0.2, 0.25) is 0 Å². The fourth-order valence-corrected chi connectivity index (χ4v) is 4.10. The van der Waals surface area contributed by atoms with Gasteiger partial charge in [0.05, 0.1) is 11.4 Å². The van der Waals surface area contributed by atoms with Crippen LogP contribution in [0.1, 0.15) is 40.0 Å². The Bertz CT molecular complexity index is 1330. The van der Waals surface area contributed by atoms with Gasteiger partial charge < -0.3 is 0 Å². The van der Waals surface area contributed by atoms with Crippen molar-refractivity contribution < 1.29 is 9.59 Å². The molecule has 0 saturated carbocycles. The van der Waals surface area contributed by atoms with Gasteiger partial charge in [-0.05, 0) is 36.9 Å². The second kappa shape index (κ2) is 8.53. The number of aromatic nitrogens is 2. The largest absolute Gasteiger partial charge is 0.290 e.